The second kappa shape index (κ2) is 7.41. The first-order valence-electron chi connectivity index (χ1n) is 8.63. The summed E-state index contributed by atoms with van der Waals surface area (Å²) in [6, 6.07) is 16.3. The van der Waals surface area contributed by atoms with Crippen LogP contribution in [0.1, 0.15) is 11.3 Å². The molecule has 0 saturated heterocycles. The van der Waals surface area contributed by atoms with Gasteiger partial charge in [-0.2, -0.15) is 0 Å². The SMILES string of the molecule is COc1cc2ncnc(Cc3cccc(-c4cccnc4)c3)c2cc1OC. The van der Waals surface area contributed by atoms with Crippen LogP contribution in [0.15, 0.2) is 67.3 Å². The molecule has 0 saturated carbocycles. The largest absolute Gasteiger partial charge is 0.493 e. The van der Waals surface area contributed by atoms with Gasteiger partial charge in [0, 0.05) is 30.3 Å². The fourth-order valence-corrected chi connectivity index (χ4v) is 3.17. The van der Waals surface area contributed by atoms with E-state index < -0.39 is 0 Å². The Morgan fingerprint density at radius 3 is 2.44 bits per heavy atom. The molecule has 5 nitrogen and oxygen atoms in total. The lowest BCUT2D eigenvalue weighted by molar-refractivity contribution is 0.355. The third kappa shape index (κ3) is 3.44. The van der Waals surface area contributed by atoms with E-state index in [9.17, 15) is 0 Å². The lowest BCUT2D eigenvalue weighted by atomic mass is 10.0. The van der Waals surface area contributed by atoms with Crippen molar-refractivity contribution in [2.75, 3.05) is 14.2 Å². The molecule has 0 unspecified atom stereocenters. The van der Waals surface area contributed by atoms with E-state index in [1.54, 1.807) is 26.7 Å². The molecule has 0 aliphatic heterocycles. The minimum Gasteiger partial charge on any atom is -0.493 e. The van der Waals surface area contributed by atoms with Gasteiger partial charge >= 0.3 is 0 Å². The number of aromatic nitrogens is 3. The number of fused-ring (bicyclic) bond motifs is 1. The summed E-state index contributed by atoms with van der Waals surface area (Å²) in [5.74, 6) is 1.33. The maximum absolute atomic E-state index is 5.44. The molecule has 0 aliphatic rings. The van der Waals surface area contributed by atoms with Crippen molar-refractivity contribution in [3.8, 4) is 22.6 Å². The van der Waals surface area contributed by atoms with Crippen molar-refractivity contribution < 1.29 is 9.47 Å². The number of nitrogens with zero attached hydrogens (tertiary/aromatic N) is 3. The molecule has 5 heteroatoms. The molecule has 0 radical (unpaired) electrons. The first kappa shape index (κ1) is 17.0. The molecule has 0 aliphatic carbocycles. The number of ether oxygens (including phenoxy) is 2. The number of hydrogen-bond donors (Lipinski definition) is 0. The third-order valence-electron chi connectivity index (χ3n) is 4.52. The Morgan fingerprint density at radius 2 is 1.67 bits per heavy atom. The van der Waals surface area contributed by atoms with Crippen LogP contribution in [0.5, 0.6) is 11.5 Å². The van der Waals surface area contributed by atoms with Crippen molar-refractivity contribution in [3.63, 3.8) is 0 Å². The predicted molar refractivity (Wildman–Crippen MR) is 105 cm³/mol. The van der Waals surface area contributed by atoms with Gasteiger partial charge in [-0.05, 0) is 28.8 Å². The minimum atomic E-state index is 0.660. The normalized spacial score (nSPS) is 10.7. The average Bonchev–Trinajstić information content (AvgIpc) is 2.74. The summed E-state index contributed by atoms with van der Waals surface area (Å²) in [7, 11) is 3.25. The predicted octanol–water partition coefficient (Wildman–Crippen LogP) is 4.30. The molecule has 2 heterocycles. The number of rotatable bonds is 5. The molecule has 2 aromatic carbocycles. The van der Waals surface area contributed by atoms with Gasteiger partial charge in [0.2, 0.25) is 0 Å². The summed E-state index contributed by atoms with van der Waals surface area (Å²) >= 11 is 0. The van der Waals surface area contributed by atoms with E-state index in [-0.39, 0.29) is 0 Å². The van der Waals surface area contributed by atoms with Crippen molar-refractivity contribution in [3.05, 3.63) is 78.5 Å². The van der Waals surface area contributed by atoms with E-state index >= 15 is 0 Å². The van der Waals surface area contributed by atoms with Crippen molar-refractivity contribution in [1.82, 2.24) is 15.0 Å². The van der Waals surface area contributed by atoms with Crippen LogP contribution >= 0.6 is 0 Å². The fourth-order valence-electron chi connectivity index (χ4n) is 3.17. The summed E-state index contributed by atoms with van der Waals surface area (Å²) in [4.78, 5) is 13.1. The van der Waals surface area contributed by atoms with Gasteiger partial charge in [-0.1, -0.05) is 30.3 Å². The number of hydrogen-bond acceptors (Lipinski definition) is 5. The van der Waals surface area contributed by atoms with Crippen LogP contribution in [0.25, 0.3) is 22.0 Å². The topological polar surface area (TPSA) is 57.1 Å². The van der Waals surface area contributed by atoms with Crippen LogP contribution in [0, 0.1) is 0 Å². The van der Waals surface area contributed by atoms with Crippen LogP contribution in [0.4, 0.5) is 0 Å². The molecular weight excluding hydrogens is 338 g/mol. The van der Waals surface area contributed by atoms with Crippen LogP contribution < -0.4 is 9.47 Å². The van der Waals surface area contributed by atoms with Crippen molar-refractivity contribution in [2.24, 2.45) is 0 Å². The zero-order valence-corrected chi connectivity index (χ0v) is 15.2. The van der Waals surface area contributed by atoms with E-state index in [0.717, 1.165) is 27.7 Å². The fraction of sp³-hybridized carbons (Fsp3) is 0.136. The standard InChI is InChI=1S/C22H19N3O2/c1-26-21-11-18-19(24-14-25-20(18)12-22(21)27-2)10-15-5-3-6-16(9-15)17-7-4-8-23-13-17/h3-9,11-14H,10H2,1-2H3. The first-order valence-corrected chi connectivity index (χ1v) is 8.63. The monoisotopic (exact) mass is 357 g/mol. The zero-order valence-electron chi connectivity index (χ0n) is 15.2. The maximum Gasteiger partial charge on any atom is 0.162 e. The molecule has 2 aromatic heterocycles. The molecule has 0 amide bonds. The van der Waals surface area contributed by atoms with Crippen LogP contribution in [-0.4, -0.2) is 29.2 Å². The molecule has 4 aromatic rings. The number of pyridine rings is 1. The van der Waals surface area contributed by atoms with Crippen molar-refractivity contribution >= 4 is 10.9 Å². The minimum absolute atomic E-state index is 0.660. The highest BCUT2D eigenvalue weighted by Gasteiger charge is 2.11. The highest BCUT2D eigenvalue weighted by Crippen LogP contribution is 2.33. The van der Waals surface area contributed by atoms with Crippen LogP contribution in [-0.2, 0) is 6.42 Å². The molecule has 0 fully saturated rings. The molecular formula is C22H19N3O2. The van der Waals surface area contributed by atoms with Crippen molar-refractivity contribution in [1.29, 1.82) is 0 Å². The van der Waals surface area contributed by atoms with Crippen LogP contribution in [0.3, 0.4) is 0 Å². The highest BCUT2D eigenvalue weighted by atomic mass is 16.5. The Balaban J connectivity index is 1.74. The van der Waals surface area contributed by atoms with Gasteiger partial charge in [0.15, 0.2) is 11.5 Å². The third-order valence-corrected chi connectivity index (χ3v) is 4.52. The molecule has 134 valence electrons. The molecule has 0 atom stereocenters. The van der Waals surface area contributed by atoms with Gasteiger partial charge in [0.05, 0.1) is 25.4 Å². The Labute approximate surface area is 157 Å². The number of methoxy groups -OCH3 is 2. The second-order valence-electron chi connectivity index (χ2n) is 6.16. The number of benzene rings is 2. The molecule has 27 heavy (non-hydrogen) atoms. The second-order valence-corrected chi connectivity index (χ2v) is 6.16. The first-order chi connectivity index (χ1) is 13.3. The Hall–Kier alpha value is -3.47. The molecule has 0 N–H and O–H groups in total. The lowest BCUT2D eigenvalue weighted by Gasteiger charge is -2.11. The average molecular weight is 357 g/mol. The summed E-state index contributed by atoms with van der Waals surface area (Å²) in [6.07, 6.45) is 5.94. The Morgan fingerprint density at radius 1 is 0.852 bits per heavy atom. The van der Waals surface area contributed by atoms with Gasteiger partial charge in [-0.3, -0.25) is 4.98 Å². The quantitative estimate of drug-likeness (QED) is 0.533. The highest BCUT2D eigenvalue weighted by molar-refractivity contribution is 5.85. The summed E-state index contributed by atoms with van der Waals surface area (Å²) in [5, 5.41) is 0.960. The summed E-state index contributed by atoms with van der Waals surface area (Å²) < 4.78 is 10.8. The van der Waals surface area contributed by atoms with Gasteiger partial charge in [-0.15, -0.1) is 0 Å². The van der Waals surface area contributed by atoms with E-state index in [1.165, 1.54) is 5.56 Å². The van der Waals surface area contributed by atoms with E-state index in [2.05, 4.69) is 45.3 Å². The molecule has 0 spiro atoms. The molecule has 4 rings (SSSR count). The molecule has 0 bridgehead atoms. The smallest absolute Gasteiger partial charge is 0.162 e. The summed E-state index contributed by atoms with van der Waals surface area (Å²) in [6.45, 7) is 0. The Bertz CT molecular complexity index is 1080. The zero-order chi connectivity index (χ0) is 18.6. The lowest BCUT2D eigenvalue weighted by Crippen LogP contribution is -1.98. The van der Waals surface area contributed by atoms with Crippen LogP contribution in [0.2, 0.25) is 0 Å². The maximum atomic E-state index is 5.44. The van der Waals surface area contributed by atoms with Crippen molar-refractivity contribution in [2.45, 2.75) is 6.42 Å². The van der Waals surface area contributed by atoms with Gasteiger partial charge in [-0.25, -0.2) is 9.97 Å². The van der Waals surface area contributed by atoms with Gasteiger partial charge in [0.1, 0.15) is 6.33 Å². The summed E-state index contributed by atoms with van der Waals surface area (Å²) in [5.41, 5.74) is 5.19. The van der Waals surface area contributed by atoms with E-state index in [1.807, 2.05) is 24.4 Å². The van der Waals surface area contributed by atoms with E-state index in [4.69, 9.17) is 9.47 Å². The van der Waals surface area contributed by atoms with Gasteiger partial charge in [0.25, 0.3) is 0 Å². The van der Waals surface area contributed by atoms with Gasteiger partial charge < -0.3 is 9.47 Å². The Kier molecular flexibility index (Phi) is 4.66. The van der Waals surface area contributed by atoms with E-state index in [0.29, 0.717) is 17.9 Å².